The van der Waals surface area contributed by atoms with E-state index in [0.29, 0.717) is 11.4 Å². The molecule has 2 heterocycles. The third-order valence-electron chi connectivity index (χ3n) is 3.90. The second-order valence-corrected chi connectivity index (χ2v) is 6.52. The van der Waals surface area contributed by atoms with Crippen LogP contribution in [0.3, 0.4) is 0 Å². The topological polar surface area (TPSA) is 75.7 Å². The van der Waals surface area contributed by atoms with Crippen molar-refractivity contribution in [2.75, 3.05) is 24.6 Å². The molecule has 1 aliphatic rings. The summed E-state index contributed by atoms with van der Waals surface area (Å²) in [4.78, 5) is 37.9. The standard InChI is InChI=1S/C18H18N2O4S/c21-16(20-10-8-13-4-1-2-5-14(13)20)12-24-17(22)7-9-19-18(23)15-6-3-11-25-15/h1-6,11H,7-10,12H2,(H,19,23). The molecule has 25 heavy (non-hydrogen) atoms. The minimum absolute atomic E-state index is 0.0288. The van der Waals surface area contributed by atoms with Crippen LogP contribution in [0.25, 0.3) is 0 Å². The van der Waals surface area contributed by atoms with Crippen molar-refractivity contribution in [1.82, 2.24) is 5.32 Å². The van der Waals surface area contributed by atoms with Gasteiger partial charge < -0.3 is 15.0 Å². The molecule has 1 aliphatic heterocycles. The lowest BCUT2D eigenvalue weighted by atomic mass is 10.2. The first-order valence-corrected chi connectivity index (χ1v) is 8.88. The van der Waals surface area contributed by atoms with E-state index in [1.165, 1.54) is 11.3 Å². The highest BCUT2D eigenvalue weighted by Crippen LogP contribution is 2.27. The van der Waals surface area contributed by atoms with Crippen molar-refractivity contribution in [1.29, 1.82) is 0 Å². The van der Waals surface area contributed by atoms with E-state index in [2.05, 4.69) is 5.32 Å². The number of rotatable bonds is 6. The molecule has 0 atom stereocenters. The maximum Gasteiger partial charge on any atom is 0.308 e. The second-order valence-electron chi connectivity index (χ2n) is 5.57. The van der Waals surface area contributed by atoms with Crippen LogP contribution >= 0.6 is 11.3 Å². The Kier molecular flexibility index (Phi) is 5.45. The number of para-hydroxylation sites is 1. The van der Waals surface area contributed by atoms with Crippen molar-refractivity contribution in [3.8, 4) is 0 Å². The van der Waals surface area contributed by atoms with Gasteiger partial charge >= 0.3 is 5.97 Å². The zero-order chi connectivity index (χ0) is 17.6. The Hall–Kier alpha value is -2.67. The molecule has 0 radical (unpaired) electrons. The quantitative estimate of drug-likeness (QED) is 0.802. The Balaban J connectivity index is 1.39. The van der Waals surface area contributed by atoms with Crippen LogP contribution in [0.1, 0.15) is 21.7 Å². The molecule has 0 unspecified atom stereocenters. The Labute approximate surface area is 149 Å². The third kappa shape index (κ3) is 4.24. The van der Waals surface area contributed by atoms with E-state index in [1.807, 2.05) is 29.6 Å². The molecular formula is C18H18N2O4S. The first-order valence-electron chi connectivity index (χ1n) is 8.01. The minimum Gasteiger partial charge on any atom is -0.455 e. The number of ether oxygens (including phenoxy) is 1. The van der Waals surface area contributed by atoms with Gasteiger partial charge in [0.15, 0.2) is 6.61 Å². The number of hydrogen-bond donors (Lipinski definition) is 1. The molecule has 6 nitrogen and oxygen atoms in total. The summed E-state index contributed by atoms with van der Waals surface area (Å²) in [6.45, 7) is 0.495. The van der Waals surface area contributed by atoms with Gasteiger partial charge in [-0.05, 0) is 29.5 Å². The third-order valence-corrected chi connectivity index (χ3v) is 4.77. The van der Waals surface area contributed by atoms with Gasteiger partial charge in [-0.2, -0.15) is 0 Å². The molecule has 0 saturated carbocycles. The van der Waals surface area contributed by atoms with E-state index in [-0.39, 0.29) is 31.4 Å². The SMILES string of the molecule is O=C(CCNC(=O)c1cccs1)OCC(=O)N1CCc2ccccc21. The Morgan fingerprint density at radius 1 is 1.16 bits per heavy atom. The molecule has 3 rings (SSSR count). The molecule has 0 bridgehead atoms. The average Bonchev–Trinajstić information content (AvgIpc) is 3.29. The fourth-order valence-corrected chi connectivity index (χ4v) is 3.30. The van der Waals surface area contributed by atoms with E-state index in [1.54, 1.807) is 17.0 Å². The fraction of sp³-hybridized carbons (Fsp3) is 0.278. The highest BCUT2D eigenvalue weighted by Gasteiger charge is 2.24. The summed E-state index contributed by atoms with van der Waals surface area (Å²) < 4.78 is 5.02. The number of esters is 1. The highest BCUT2D eigenvalue weighted by molar-refractivity contribution is 7.12. The van der Waals surface area contributed by atoms with Crippen LogP contribution in [0.4, 0.5) is 5.69 Å². The molecule has 1 N–H and O–H groups in total. The monoisotopic (exact) mass is 358 g/mol. The van der Waals surface area contributed by atoms with Crippen molar-refractivity contribution in [3.63, 3.8) is 0 Å². The molecule has 0 spiro atoms. The highest BCUT2D eigenvalue weighted by atomic mass is 32.1. The molecule has 1 aromatic heterocycles. The maximum absolute atomic E-state index is 12.2. The number of nitrogens with one attached hydrogen (secondary N) is 1. The van der Waals surface area contributed by atoms with Gasteiger partial charge in [-0.25, -0.2) is 0 Å². The van der Waals surface area contributed by atoms with Gasteiger partial charge in [-0.15, -0.1) is 11.3 Å². The summed E-state index contributed by atoms with van der Waals surface area (Å²) in [6, 6.07) is 11.2. The first kappa shape index (κ1) is 17.2. The van der Waals surface area contributed by atoms with E-state index in [4.69, 9.17) is 4.74 Å². The van der Waals surface area contributed by atoms with Gasteiger partial charge in [-0.3, -0.25) is 14.4 Å². The van der Waals surface area contributed by atoms with Crippen molar-refractivity contribution in [3.05, 3.63) is 52.2 Å². The minimum atomic E-state index is -0.507. The molecule has 0 saturated heterocycles. The molecule has 7 heteroatoms. The molecule has 0 fully saturated rings. The number of nitrogens with zero attached hydrogens (tertiary/aromatic N) is 1. The van der Waals surface area contributed by atoms with Gasteiger partial charge in [-0.1, -0.05) is 24.3 Å². The van der Waals surface area contributed by atoms with Gasteiger partial charge in [0.1, 0.15) is 0 Å². The lowest BCUT2D eigenvalue weighted by Crippen LogP contribution is -2.33. The van der Waals surface area contributed by atoms with Gasteiger partial charge in [0.05, 0.1) is 11.3 Å². The first-order chi connectivity index (χ1) is 12.1. The zero-order valence-corrected chi connectivity index (χ0v) is 14.4. The van der Waals surface area contributed by atoms with Crippen LogP contribution in [0, 0.1) is 0 Å². The zero-order valence-electron chi connectivity index (χ0n) is 13.6. The van der Waals surface area contributed by atoms with Crippen LogP contribution in [0.15, 0.2) is 41.8 Å². The van der Waals surface area contributed by atoms with E-state index in [0.717, 1.165) is 17.7 Å². The largest absolute Gasteiger partial charge is 0.455 e. The van der Waals surface area contributed by atoms with Crippen LogP contribution in [0.2, 0.25) is 0 Å². The summed E-state index contributed by atoms with van der Waals surface area (Å²) in [5.41, 5.74) is 2.00. The number of carbonyl (C=O) groups excluding carboxylic acids is 3. The Bertz CT molecular complexity index is 773. The normalized spacial score (nSPS) is 12.6. The van der Waals surface area contributed by atoms with E-state index >= 15 is 0 Å². The number of carbonyl (C=O) groups is 3. The van der Waals surface area contributed by atoms with Crippen LogP contribution < -0.4 is 10.2 Å². The lowest BCUT2D eigenvalue weighted by molar-refractivity contribution is -0.147. The average molecular weight is 358 g/mol. The van der Waals surface area contributed by atoms with Crippen LogP contribution in [0.5, 0.6) is 0 Å². The fourth-order valence-electron chi connectivity index (χ4n) is 2.66. The number of benzene rings is 1. The molecule has 130 valence electrons. The van der Waals surface area contributed by atoms with Crippen molar-refractivity contribution in [2.45, 2.75) is 12.8 Å². The summed E-state index contributed by atoms with van der Waals surface area (Å²) >= 11 is 1.33. The Morgan fingerprint density at radius 2 is 2.00 bits per heavy atom. The summed E-state index contributed by atoms with van der Waals surface area (Å²) in [7, 11) is 0. The molecule has 1 aromatic carbocycles. The van der Waals surface area contributed by atoms with E-state index < -0.39 is 5.97 Å². The van der Waals surface area contributed by atoms with Crippen molar-refractivity contribution < 1.29 is 19.1 Å². The number of anilines is 1. The van der Waals surface area contributed by atoms with Crippen molar-refractivity contribution in [2.24, 2.45) is 0 Å². The second kappa shape index (κ2) is 7.94. The van der Waals surface area contributed by atoms with Crippen LogP contribution in [-0.4, -0.2) is 37.5 Å². The summed E-state index contributed by atoms with van der Waals surface area (Å²) in [5.74, 6) is -0.958. The van der Waals surface area contributed by atoms with Crippen LogP contribution in [-0.2, 0) is 20.7 Å². The van der Waals surface area contributed by atoms with Gasteiger partial charge in [0.2, 0.25) is 0 Å². The van der Waals surface area contributed by atoms with Gasteiger partial charge in [0.25, 0.3) is 11.8 Å². The molecule has 0 aliphatic carbocycles. The van der Waals surface area contributed by atoms with E-state index in [9.17, 15) is 14.4 Å². The number of hydrogen-bond acceptors (Lipinski definition) is 5. The summed E-state index contributed by atoms with van der Waals surface area (Å²) in [5, 5.41) is 4.46. The van der Waals surface area contributed by atoms with Gasteiger partial charge in [0, 0.05) is 18.8 Å². The molecule has 2 aromatic rings. The Morgan fingerprint density at radius 3 is 2.80 bits per heavy atom. The maximum atomic E-state index is 12.2. The molecular weight excluding hydrogens is 340 g/mol. The van der Waals surface area contributed by atoms with Crippen molar-refractivity contribution >= 4 is 34.8 Å². The lowest BCUT2D eigenvalue weighted by Gasteiger charge is -2.17. The number of thiophene rings is 1. The predicted octanol–water partition coefficient (Wildman–Crippen LogP) is 2.00. The molecule has 2 amide bonds. The smallest absolute Gasteiger partial charge is 0.308 e. The number of fused-ring (bicyclic) bond motifs is 1. The number of amides is 2. The summed E-state index contributed by atoms with van der Waals surface area (Å²) in [6.07, 6.45) is 0.839. The predicted molar refractivity (Wildman–Crippen MR) is 94.7 cm³/mol.